The number of hydrogen-bond donors (Lipinski definition) is 2. The Labute approximate surface area is 186 Å². The molecule has 0 spiro atoms. The summed E-state index contributed by atoms with van der Waals surface area (Å²) in [6, 6.07) is 17.8. The SMILES string of the molecule is CN(CCN(C)C(=O)c1ccc(-c2cc[nH]c2C(=O)O)cc1)C(=O)OCc1ccccc1. The first kappa shape index (κ1) is 22.6. The number of aromatic amines is 1. The summed E-state index contributed by atoms with van der Waals surface area (Å²) in [4.78, 5) is 41.8. The molecule has 0 aliphatic heterocycles. The molecule has 2 aromatic carbocycles. The average Bonchev–Trinajstić information content (AvgIpc) is 3.31. The van der Waals surface area contributed by atoms with Crippen LogP contribution in [0.4, 0.5) is 4.79 Å². The number of likely N-dealkylation sites (N-methyl/N-ethyl adjacent to an activating group) is 2. The van der Waals surface area contributed by atoms with Gasteiger partial charge in [-0.15, -0.1) is 0 Å². The maximum atomic E-state index is 12.7. The monoisotopic (exact) mass is 435 g/mol. The average molecular weight is 435 g/mol. The van der Waals surface area contributed by atoms with Gasteiger partial charge in [-0.1, -0.05) is 42.5 Å². The zero-order valence-electron chi connectivity index (χ0n) is 17.9. The number of hydrogen-bond acceptors (Lipinski definition) is 4. The van der Waals surface area contributed by atoms with Gasteiger partial charge in [0.15, 0.2) is 0 Å². The Morgan fingerprint density at radius 2 is 1.56 bits per heavy atom. The number of carboxylic acids is 1. The number of amides is 2. The van der Waals surface area contributed by atoms with Crippen LogP contribution in [0.25, 0.3) is 11.1 Å². The highest BCUT2D eigenvalue weighted by atomic mass is 16.6. The molecule has 0 unspecified atom stereocenters. The molecule has 2 N–H and O–H groups in total. The maximum absolute atomic E-state index is 12.7. The Morgan fingerprint density at radius 3 is 2.22 bits per heavy atom. The Kier molecular flexibility index (Phi) is 7.28. The van der Waals surface area contributed by atoms with Crippen LogP contribution in [0.5, 0.6) is 0 Å². The van der Waals surface area contributed by atoms with Crippen LogP contribution >= 0.6 is 0 Å². The Hall–Kier alpha value is -4.07. The molecule has 0 saturated carbocycles. The van der Waals surface area contributed by atoms with E-state index in [-0.39, 0.29) is 18.2 Å². The van der Waals surface area contributed by atoms with Crippen molar-refractivity contribution in [2.45, 2.75) is 6.61 Å². The number of rotatable bonds is 8. The number of ether oxygens (including phenoxy) is 1. The van der Waals surface area contributed by atoms with E-state index in [0.29, 0.717) is 29.8 Å². The van der Waals surface area contributed by atoms with Crippen LogP contribution in [0.1, 0.15) is 26.4 Å². The van der Waals surface area contributed by atoms with Gasteiger partial charge in [0.05, 0.1) is 0 Å². The van der Waals surface area contributed by atoms with Crippen molar-refractivity contribution in [1.29, 1.82) is 0 Å². The first-order chi connectivity index (χ1) is 15.4. The van der Waals surface area contributed by atoms with Crippen LogP contribution in [-0.4, -0.2) is 65.0 Å². The predicted octanol–water partition coefficient (Wildman–Crippen LogP) is 3.72. The minimum Gasteiger partial charge on any atom is -0.477 e. The fourth-order valence-electron chi connectivity index (χ4n) is 3.12. The van der Waals surface area contributed by atoms with Crippen molar-refractivity contribution in [2.24, 2.45) is 0 Å². The zero-order valence-corrected chi connectivity index (χ0v) is 17.9. The molecule has 32 heavy (non-hydrogen) atoms. The van der Waals surface area contributed by atoms with E-state index in [2.05, 4.69) is 4.98 Å². The molecule has 166 valence electrons. The molecule has 1 aromatic heterocycles. The van der Waals surface area contributed by atoms with E-state index in [9.17, 15) is 19.5 Å². The van der Waals surface area contributed by atoms with E-state index in [0.717, 1.165) is 5.56 Å². The Balaban J connectivity index is 1.52. The van der Waals surface area contributed by atoms with Crippen LogP contribution < -0.4 is 0 Å². The lowest BCUT2D eigenvalue weighted by atomic mass is 10.0. The van der Waals surface area contributed by atoms with E-state index in [4.69, 9.17) is 4.74 Å². The van der Waals surface area contributed by atoms with Crippen molar-refractivity contribution in [3.8, 4) is 11.1 Å². The van der Waals surface area contributed by atoms with Crippen LogP contribution in [0.2, 0.25) is 0 Å². The van der Waals surface area contributed by atoms with E-state index < -0.39 is 12.1 Å². The van der Waals surface area contributed by atoms with Gasteiger partial charge in [-0.3, -0.25) is 4.79 Å². The molecule has 3 rings (SSSR count). The standard InChI is InChI=1S/C24H25N3O5/c1-26(14-15-27(2)24(31)32-16-17-6-4-3-5-7-17)22(28)19-10-8-18(9-11-19)20-12-13-25-21(20)23(29)30/h3-13,25H,14-16H2,1-2H3,(H,29,30). The van der Waals surface area contributed by atoms with Gasteiger partial charge in [0.2, 0.25) is 0 Å². The number of H-pyrrole nitrogens is 1. The Morgan fingerprint density at radius 1 is 0.906 bits per heavy atom. The molecule has 1 heterocycles. The van der Waals surface area contributed by atoms with Crippen LogP contribution in [0, 0.1) is 0 Å². The number of nitrogens with one attached hydrogen (secondary N) is 1. The smallest absolute Gasteiger partial charge is 0.409 e. The number of aromatic nitrogens is 1. The molecule has 0 radical (unpaired) electrons. The number of carbonyl (C=O) groups is 3. The van der Waals surface area contributed by atoms with E-state index in [1.165, 1.54) is 9.80 Å². The van der Waals surface area contributed by atoms with Gasteiger partial charge in [-0.2, -0.15) is 0 Å². The first-order valence-electron chi connectivity index (χ1n) is 10.0. The second-order valence-corrected chi connectivity index (χ2v) is 7.34. The quantitative estimate of drug-likeness (QED) is 0.561. The fraction of sp³-hybridized carbons (Fsp3) is 0.208. The van der Waals surface area contributed by atoms with Crippen molar-refractivity contribution in [3.05, 3.63) is 83.7 Å². The van der Waals surface area contributed by atoms with E-state index in [1.54, 1.807) is 50.6 Å². The van der Waals surface area contributed by atoms with Crippen molar-refractivity contribution < 1.29 is 24.2 Å². The van der Waals surface area contributed by atoms with Gasteiger partial charge in [-0.25, -0.2) is 9.59 Å². The molecular weight excluding hydrogens is 410 g/mol. The number of aromatic carboxylic acids is 1. The minimum absolute atomic E-state index is 0.100. The molecule has 8 heteroatoms. The number of benzene rings is 2. The van der Waals surface area contributed by atoms with Gasteiger partial charge in [0.25, 0.3) is 5.91 Å². The number of carbonyl (C=O) groups excluding carboxylic acids is 2. The van der Waals surface area contributed by atoms with E-state index in [1.807, 2.05) is 30.3 Å². The Bertz CT molecular complexity index is 1080. The third-order valence-corrected chi connectivity index (χ3v) is 5.04. The number of carboxylic acid groups (broad SMARTS) is 1. The van der Waals surface area contributed by atoms with Gasteiger partial charge >= 0.3 is 12.1 Å². The van der Waals surface area contributed by atoms with Gasteiger partial charge in [-0.05, 0) is 29.3 Å². The second-order valence-electron chi connectivity index (χ2n) is 7.34. The van der Waals surface area contributed by atoms with Crippen molar-refractivity contribution in [1.82, 2.24) is 14.8 Å². The molecule has 3 aromatic rings. The lowest BCUT2D eigenvalue weighted by Crippen LogP contribution is -2.37. The highest BCUT2D eigenvalue weighted by Gasteiger charge is 2.17. The zero-order chi connectivity index (χ0) is 23.1. The molecule has 0 fully saturated rings. The third-order valence-electron chi connectivity index (χ3n) is 5.04. The summed E-state index contributed by atoms with van der Waals surface area (Å²) < 4.78 is 5.28. The fourth-order valence-corrected chi connectivity index (χ4v) is 3.12. The summed E-state index contributed by atoms with van der Waals surface area (Å²) in [7, 11) is 3.28. The summed E-state index contributed by atoms with van der Waals surface area (Å²) >= 11 is 0. The topological polar surface area (TPSA) is 103 Å². The molecule has 0 aliphatic carbocycles. The molecular formula is C24H25N3O5. The largest absolute Gasteiger partial charge is 0.477 e. The molecule has 8 nitrogen and oxygen atoms in total. The summed E-state index contributed by atoms with van der Waals surface area (Å²) in [5.74, 6) is -1.24. The molecule has 2 amide bonds. The normalized spacial score (nSPS) is 10.4. The highest BCUT2D eigenvalue weighted by molar-refractivity contribution is 5.96. The molecule has 0 atom stereocenters. The van der Waals surface area contributed by atoms with Gasteiger partial charge in [0.1, 0.15) is 12.3 Å². The lowest BCUT2D eigenvalue weighted by Gasteiger charge is -2.22. The highest BCUT2D eigenvalue weighted by Crippen LogP contribution is 2.23. The second kappa shape index (κ2) is 10.3. The van der Waals surface area contributed by atoms with Gasteiger partial charge in [0, 0.05) is 44.5 Å². The minimum atomic E-state index is -1.05. The van der Waals surface area contributed by atoms with Crippen molar-refractivity contribution in [2.75, 3.05) is 27.2 Å². The maximum Gasteiger partial charge on any atom is 0.409 e. The predicted molar refractivity (Wildman–Crippen MR) is 119 cm³/mol. The van der Waals surface area contributed by atoms with Crippen LogP contribution in [-0.2, 0) is 11.3 Å². The first-order valence-corrected chi connectivity index (χ1v) is 10.0. The summed E-state index contributed by atoms with van der Waals surface area (Å²) in [5, 5.41) is 9.24. The van der Waals surface area contributed by atoms with Crippen LogP contribution in [0.15, 0.2) is 66.9 Å². The number of nitrogens with zero attached hydrogens (tertiary/aromatic N) is 2. The summed E-state index contributed by atoms with van der Waals surface area (Å²) in [6.07, 6.45) is 1.10. The van der Waals surface area contributed by atoms with Gasteiger partial charge < -0.3 is 24.6 Å². The summed E-state index contributed by atoms with van der Waals surface area (Å²) in [5.41, 5.74) is 2.73. The lowest BCUT2D eigenvalue weighted by molar-refractivity contribution is 0.0691. The molecule has 0 bridgehead atoms. The molecule has 0 aliphatic rings. The third kappa shape index (κ3) is 5.54. The van der Waals surface area contributed by atoms with Crippen LogP contribution in [0.3, 0.4) is 0 Å². The van der Waals surface area contributed by atoms with E-state index >= 15 is 0 Å². The molecule has 0 saturated heterocycles. The van der Waals surface area contributed by atoms with Crippen molar-refractivity contribution in [3.63, 3.8) is 0 Å². The van der Waals surface area contributed by atoms with Crippen molar-refractivity contribution >= 4 is 18.0 Å². The summed E-state index contributed by atoms with van der Waals surface area (Å²) in [6.45, 7) is 0.841.